The van der Waals surface area contributed by atoms with Crippen LogP contribution in [0.25, 0.3) is 0 Å². The SMILES string of the molecule is CCC(C)CN(C)C(=O)c1ccc(N)cc1F. The van der Waals surface area contributed by atoms with Gasteiger partial charge in [0.15, 0.2) is 0 Å². The summed E-state index contributed by atoms with van der Waals surface area (Å²) in [5.74, 6) is -0.463. The molecule has 3 nitrogen and oxygen atoms in total. The molecule has 4 heteroatoms. The van der Waals surface area contributed by atoms with Crippen LogP contribution < -0.4 is 5.73 Å². The first kappa shape index (κ1) is 13.5. The van der Waals surface area contributed by atoms with Crippen LogP contribution in [0.15, 0.2) is 18.2 Å². The summed E-state index contributed by atoms with van der Waals surface area (Å²) in [4.78, 5) is 13.5. The van der Waals surface area contributed by atoms with Crippen molar-refractivity contribution in [1.82, 2.24) is 4.90 Å². The molecule has 2 N–H and O–H groups in total. The van der Waals surface area contributed by atoms with Gasteiger partial charge in [-0.3, -0.25) is 4.79 Å². The monoisotopic (exact) mass is 238 g/mol. The van der Waals surface area contributed by atoms with E-state index >= 15 is 0 Å². The van der Waals surface area contributed by atoms with E-state index in [9.17, 15) is 9.18 Å². The number of anilines is 1. The van der Waals surface area contributed by atoms with Crippen LogP contribution in [0.2, 0.25) is 0 Å². The van der Waals surface area contributed by atoms with Gasteiger partial charge in [-0.05, 0) is 24.1 Å². The number of benzene rings is 1. The lowest BCUT2D eigenvalue weighted by atomic mass is 10.1. The van der Waals surface area contributed by atoms with Gasteiger partial charge >= 0.3 is 0 Å². The molecule has 1 unspecified atom stereocenters. The number of rotatable bonds is 4. The summed E-state index contributed by atoms with van der Waals surface area (Å²) in [6.45, 7) is 4.75. The molecule has 0 bridgehead atoms. The first-order chi connectivity index (χ1) is 7.95. The number of hydrogen-bond acceptors (Lipinski definition) is 2. The number of nitrogens with two attached hydrogens (primary N) is 1. The number of nitrogen functional groups attached to an aromatic ring is 1. The Labute approximate surface area is 101 Å². The minimum absolute atomic E-state index is 0.0741. The van der Waals surface area contributed by atoms with E-state index in [1.54, 1.807) is 11.9 Å². The molecule has 94 valence electrons. The quantitative estimate of drug-likeness (QED) is 0.819. The fourth-order valence-electron chi connectivity index (χ4n) is 1.59. The second kappa shape index (κ2) is 5.66. The third-order valence-corrected chi connectivity index (χ3v) is 2.85. The number of carbonyl (C=O) groups is 1. The number of amides is 1. The maximum Gasteiger partial charge on any atom is 0.256 e. The molecule has 1 atom stereocenters. The molecule has 0 radical (unpaired) electrons. The van der Waals surface area contributed by atoms with Crippen LogP contribution in [0.3, 0.4) is 0 Å². The summed E-state index contributed by atoms with van der Waals surface area (Å²) in [6.07, 6.45) is 0.988. The number of hydrogen-bond donors (Lipinski definition) is 1. The summed E-state index contributed by atoms with van der Waals surface area (Å²) in [5, 5.41) is 0. The molecule has 0 aromatic heterocycles. The van der Waals surface area contributed by atoms with Crippen LogP contribution in [0.4, 0.5) is 10.1 Å². The van der Waals surface area contributed by atoms with Gasteiger partial charge in [0.05, 0.1) is 5.56 Å². The summed E-state index contributed by atoms with van der Waals surface area (Å²) >= 11 is 0. The van der Waals surface area contributed by atoms with Crippen LogP contribution >= 0.6 is 0 Å². The lowest BCUT2D eigenvalue weighted by Crippen LogP contribution is -2.31. The van der Waals surface area contributed by atoms with Gasteiger partial charge in [0, 0.05) is 19.3 Å². The molecule has 1 aromatic rings. The summed E-state index contributed by atoms with van der Waals surface area (Å²) in [5.41, 5.74) is 5.84. The molecule has 0 spiro atoms. The third-order valence-electron chi connectivity index (χ3n) is 2.85. The van der Waals surface area contributed by atoms with Crippen LogP contribution in [0.5, 0.6) is 0 Å². The first-order valence-corrected chi connectivity index (χ1v) is 5.76. The minimum Gasteiger partial charge on any atom is -0.399 e. The second-order valence-corrected chi connectivity index (χ2v) is 4.44. The number of nitrogens with zero attached hydrogens (tertiary/aromatic N) is 1. The van der Waals surface area contributed by atoms with Crippen molar-refractivity contribution in [2.45, 2.75) is 20.3 Å². The van der Waals surface area contributed by atoms with Gasteiger partial charge in [0.1, 0.15) is 5.82 Å². The van der Waals surface area contributed by atoms with Crippen molar-refractivity contribution in [3.05, 3.63) is 29.6 Å². The molecule has 1 aromatic carbocycles. The minimum atomic E-state index is -0.564. The van der Waals surface area contributed by atoms with E-state index in [2.05, 4.69) is 13.8 Å². The summed E-state index contributed by atoms with van der Waals surface area (Å²) in [6, 6.07) is 4.14. The highest BCUT2D eigenvalue weighted by Gasteiger charge is 2.17. The van der Waals surface area contributed by atoms with Crippen LogP contribution in [0.1, 0.15) is 30.6 Å². The molecular formula is C13H19FN2O. The Kier molecular flexibility index (Phi) is 4.49. The molecule has 0 aliphatic carbocycles. The van der Waals surface area contributed by atoms with Crippen molar-refractivity contribution < 1.29 is 9.18 Å². The van der Waals surface area contributed by atoms with Crippen LogP contribution in [0, 0.1) is 11.7 Å². The summed E-state index contributed by atoms with van der Waals surface area (Å²) < 4.78 is 13.6. The van der Waals surface area contributed by atoms with Crippen molar-refractivity contribution in [1.29, 1.82) is 0 Å². The molecule has 0 saturated carbocycles. The number of carbonyl (C=O) groups excluding carboxylic acids is 1. The predicted molar refractivity (Wildman–Crippen MR) is 67.2 cm³/mol. The Morgan fingerprint density at radius 3 is 2.71 bits per heavy atom. The smallest absolute Gasteiger partial charge is 0.256 e. The fraction of sp³-hybridized carbons (Fsp3) is 0.462. The van der Waals surface area contributed by atoms with Gasteiger partial charge in [-0.15, -0.1) is 0 Å². The van der Waals surface area contributed by atoms with Gasteiger partial charge in [-0.1, -0.05) is 20.3 Å². The van der Waals surface area contributed by atoms with Crippen molar-refractivity contribution in [3.8, 4) is 0 Å². The second-order valence-electron chi connectivity index (χ2n) is 4.44. The predicted octanol–water partition coefficient (Wildman–Crippen LogP) is 2.53. The van der Waals surface area contributed by atoms with Crippen molar-refractivity contribution in [2.75, 3.05) is 19.3 Å². The molecule has 1 amide bonds. The number of halogens is 1. The third kappa shape index (κ3) is 3.44. The largest absolute Gasteiger partial charge is 0.399 e. The molecule has 0 heterocycles. The molecule has 1 rings (SSSR count). The molecule has 0 aliphatic rings. The van der Waals surface area contributed by atoms with Gasteiger partial charge < -0.3 is 10.6 Å². The highest BCUT2D eigenvalue weighted by molar-refractivity contribution is 5.94. The zero-order valence-corrected chi connectivity index (χ0v) is 10.5. The zero-order chi connectivity index (χ0) is 13.0. The van der Waals surface area contributed by atoms with Gasteiger partial charge in [0.2, 0.25) is 0 Å². The summed E-state index contributed by atoms with van der Waals surface area (Å²) in [7, 11) is 1.68. The maximum atomic E-state index is 13.6. The topological polar surface area (TPSA) is 46.3 Å². The highest BCUT2D eigenvalue weighted by atomic mass is 19.1. The molecular weight excluding hydrogens is 219 g/mol. The van der Waals surface area contributed by atoms with Crippen molar-refractivity contribution >= 4 is 11.6 Å². The van der Waals surface area contributed by atoms with Gasteiger partial charge in [-0.2, -0.15) is 0 Å². The average molecular weight is 238 g/mol. The Balaban J connectivity index is 2.81. The Bertz CT molecular complexity index is 406. The Morgan fingerprint density at radius 1 is 1.53 bits per heavy atom. The highest BCUT2D eigenvalue weighted by Crippen LogP contribution is 2.14. The molecule has 17 heavy (non-hydrogen) atoms. The molecule has 0 aliphatic heterocycles. The van der Waals surface area contributed by atoms with Crippen LogP contribution in [-0.2, 0) is 0 Å². The maximum absolute atomic E-state index is 13.6. The first-order valence-electron chi connectivity index (χ1n) is 5.76. The van der Waals surface area contributed by atoms with E-state index in [0.29, 0.717) is 18.2 Å². The van der Waals surface area contributed by atoms with Crippen LogP contribution in [-0.4, -0.2) is 24.4 Å². The Hall–Kier alpha value is -1.58. The zero-order valence-electron chi connectivity index (χ0n) is 10.5. The average Bonchev–Trinajstić information content (AvgIpc) is 2.28. The lowest BCUT2D eigenvalue weighted by molar-refractivity contribution is 0.0770. The molecule has 0 saturated heterocycles. The van der Waals surface area contributed by atoms with E-state index in [-0.39, 0.29) is 11.5 Å². The van der Waals surface area contributed by atoms with E-state index in [1.165, 1.54) is 18.2 Å². The standard InChI is InChI=1S/C13H19FN2O/c1-4-9(2)8-16(3)13(17)11-6-5-10(15)7-12(11)14/h5-7,9H,4,8,15H2,1-3H3. The van der Waals surface area contributed by atoms with E-state index in [4.69, 9.17) is 5.73 Å². The molecule has 0 fully saturated rings. The van der Waals surface area contributed by atoms with Crippen molar-refractivity contribution in [3.63, 3.8) is 0 Å². The lowest BCUT2D eigenvalue weighted by Gasteiger charge is -2.21. The van der Waals surface area contributed by atoms with E-state index in [1.807, 2.05) is 0 Å². The van der Waals surface area contributed by atoms with Crippen molar-refractivity contribution in [2.24, 2.45) is 5.92 Å². The van der Waals surface area contributed by atoms with E-state index < -0.39 is 5.82 Å². The van der Waals surface area contributed by atoms with Gasteiger partial charge in [-0.25, -0.2) is 4.39 Å². The normalized spacial score (nSPS) is 12.2. The van der Waals surface area contributed by atoms with Gasteiger partial charge in [0.25, 0.3) is 5.91 Å². The fourth-order valence-corrected chi connectivity index (χ4v) is 1.59. The van der Waals surface area contributed by atoms with E-state index in [0.717, 1.165) is 6.42 Å². The Morgan fingerprint density at radius 2 is 2.18 bits per heavy atom.